The van der Waals surface area contributed by atoms with E-state index in [2.05, 4.69) is 11.6 Å². The van der Waals surface area contributed by atoms with Gasteiger partial charge in [0.1, 0.15) is 11.9 Å². The molecule has 1 saturated carbocycles. The number of amides is 1. The van der Waals surface area contributed by atoms with Gasteiger partial charge in [-0.05, 0) is 30.9 Å². The van der Waals surface area contributed by atoms with E-state index >= 15 is 0 Å². The van der Waals surface area contributed by atoms with Crippen LogP contribution >= 0.6 is 0 Å². The molecule has 1 aromatic carbocycles. The van der Waals surface area contributed by atoms with Gasteiger partial charge in [-0.1, -0.05) is 30.7 Å². The number of carbonyl (C=O) groups excluding carboxylic acids is 4. The van der Waals surface area contributed by atoms with Gasteiger partial charge in [0.05, 0.1) is 38.4 Å². The molecule has 1 spiro atoms. The summed E-state index contributed by atoms with van der Waals surface area (Å²) in [6.07, 6.45) is 4.15. The van der Waals surface area contributed by atoms with E-state index in [9.17, 15) is 19.2 Å². The summed E-state index contributed by atoms with van der Waals surface area (Å²) in [6, 6.07) is 5.76. The van der Waals surface area contributed by atoms with E-state index in [1.165, 1.54) is 26.2 Å². The summed E-state index contributed by atoms with van der Waals surface area (Å²) in [5.41, 5.74) is 0.248. The number of benzene rings is 1. The van der Waals surface area contributed by atoms with Gasteiger partial charge < -0.3 is 19.1 Å². The number of para-hydroxylation sites is 1. The van der Waals surface area contributed by atoms with E-state index in [1.54, 1.807) is 6.08 Å². The molecule has 3 heterocycles. The molecule has 4 aliphatic rings. The fraction of sp³-hybridized carbons (Fsp3) is 0.444. The molecule has 194 valence electrons. The van der Waals surface area contributed by atoms with E-state index in [0.29, 0.717) is 19.4 Å². The number of anilines is 1. The molecule has 5 rings (SSSR count). The molecule has 0 aromatic heterocycles. The highest BCUT2D eigenvalue weighted by Gasteiger charge is 2.68. The third-order valence-corrected chi connectivity index (χ3v) is 7.95. The molecule has 37 heavy (non-hydrogen) atoms. The minimum atomic E-state index is -1.10. The number of likely N-dealkylation sites (tertiary alicyclic amines) is 1. The molecule has 1 aromatic rings. The maximum atomic E-state index is 13.8. The Labute approximate surface area is 214 Å². The number of rotatable bonds is 6. The van der Waals surface area contributed by atoms with Crippen molar-refractivity contribution in [3.8, 4) is 0 Å². The number of aliphatic imine (C=N–C) groups is 1. The highest BCUT2D eigenvalue weighted by Crippen LogP contribution is 2.58. The summed E-state index contributed by atoms with van der Waals surface area (Å²) in [6.45, 7) is 4.21. The van der Waals surface area contributed by atoms with E-state index in [0.717, 1.165) is 17.7 Å². The minimum Gasteiger partial charge on any atom is -0.467 e. The quantitative estimate of drug-likeness (QED) is 0.326. The van der Waals surface area contributed by atoms with Gasteiger partial charge in [-0.2, -0.15) is 0 Å². The van der Waals surface area contributed by atoms with Crippen LogP contribution in [0.1, 0.15) is 31.2 Å². The van der Waals surface area contributed by atoms with Crippen LogP contribution in [0.5, 0.6) is 0 Å². The van der Waals surface area contributed by atoms with Crippen molar-refractivity contribution < 1.29 is 33.4 Å². The number of hydrogen-bond donors (Lipinski definition) is 0. The van der Waals surface area contributed by atoms with Crippen molar-refractivity contribution in [3.05, 3.63) is 53.8 Å². The van der Waals surface area contributed by atoms with E-state index in [1.807, 2.05) is 29.2 Å². The first-order valence-electron chi connectivity index (χ1n) is 12.2. The molecule has 1 amide bonds. The smallest absolute Gasteiger partial charge is 0.357 e. The second kappa shape index (κ2) is 9.17. The van der Waals surface area contributed by atoms with Gasteiger partial charge in [-0.15, -0.1) is 6.58 Å². The number of hydrogen-bond acceptors (Lipinski definition) is 9. The molecular weight excluding hydrogens is 478 g/mol. The number of nitrogens with zero attached hydrogens (tertiary/aromatic N) is 3. The lowest BCUT2D eigenvalue weighted by Crippen LogP contribution is -2.56. The Balaban J connectivity index is 1.85. The van der Waals surface area contributed by atoms with Crippen LogP contribution in [-0.2, 0) is 38.8 Å². The molecule has 10 heteroatoms. The first kappa shape index (κ1) is 24.7. The van der Waals surface area contributed by atoms with E-state index in [4.69, 9.17) is 14.2 Å². The topological polar surface area (TPSA) is 115 Å². The summed E-state index contributed by atoms with van der Waals surface area (Å²) < 4.78 is 15.3. The van der Waals surface area contributed by atoms with Gasteiger partial charge in [0.15, 0.2) is 5.70 Å². The van der Waals surface area contributed by atoms with Crippen LogP contribution in [0.2, 0.25) is 0 Å². The summed E-state index contributed by atoms with van der Waals surface area (Å²) in [5, 5.41) is 0. The van der Waals surface area contributed by atoms with Crippen LogP contribution in [0.25, 0.3) is 0 Å². The Morgan fingerprint density at radius 2 is 1.78 bits per heavy atom. The van der Waals surface area contributed by atoms with Crippen molar-refractivity contribution >= 4 is 35.3 Å². The number of carbonyl (C=O) groups is 4. The first-order valence-corrected chi connectivity index (χ1v) is 12.2. The summed E-state index contributed by atoms with van der Waals surface area (Å²) in [7, 11) is 3.70. The minimum absolute atomic E-state index is 0.0118. The lowest BCUT2D eigenvalue weighted by Gasteiger charge is -2.41. The summed E-state index contributed by atoms with van der Waals surface area (Å²) >= 11 is 0. The van der Waals surface area contributed by atoms with Crippen molar-refractivity contribution in [3.63, 3.8) is 0 Å². The molecule has 3 aliphatic heterocycles. The molecule has 1 saturated heterocycles. The number of methoxy groups -OCH3 is 3. The summed E-state index contributed by atoms with van der Waals surface area (Å²) in [4.78, 5) is 61.3. The Kier molecular flexibility index (Phi) is 6.13. The molecule has 1 aliphatic carbocycles. The monoisotopic (exact) mass is 507 g/mol. The van der Waals surface area contributed by atoms with Crippen molar-refractivity contribution in [2.45, 2.75) is 43.2 Å². The molecule has 0 radical (unpaired) electrons. The lowest BCUT2D eigenvalue weighted by molar-refractivity contribution is -0.151. The van der Waals surface area contributed by atoms with Crippen molar-refractivity contribution in [2.75, 3.05) is 32.8 Å². The first-order chi connectivity index (χ1) is 17.8. The fourth-order valence-electron chi connectivity index (χ4n) is 6.17. The lowest BCUT2D eigenvalue weighted by atomic mass is 9.69. The number of esters is 3. The third kappa shape index (κ3) is 3.34. The third-order valence-electron chi connectivity index (χ3n) is 7.95. The zero-order valence-electron chi connectivity index (χ0n) is 21.1. The number of fused-ring (bicyclic) bond motifs is 1. The van der Waals surface area contributed by atoms with Gasteiger partial charge in [0, 0.05) is 18.2 Å². The van der Waals surface area contributed by atoms with Crippen molar-refractivity contribution in [1.29, 1.82) is 0 Å². The number of amidine groups is 1. The molecule has 0 N–H and O–H groups in total. The highest BCUT2D eigenvalue weighted by molar-refractivity contribution is 6.17. The van der Waals surface area contributed by atoms with Gasteiger partial charge in [-0.3, -0.25) is 9.69 Å². The zero-order chi connectivity index (χ0) is 26.5. The SMILES string of the molecule is C=CCN1c2ccccc2[C@]23C[C@@H](C(=O)OC)N(C(=O)C4CCC4)C2=NC(C(=O)OC)=C(C(=O)OC)[C@H]13. The normalized spacial score (nSPS) is 25.9. The van der Waals surface area contributed by atoms with Crippen LogP contribution in [0, 0.1) is 5.92 Å². The van der Waals surface area contributed by atoms with Gasteiger partial charge in [-0.25, -0.2) is 19.4 Å². The fourth-order valence-corrected chi connectivity index (χ4v) is 6.17. The molecule has 0 bridgehead atoms. The Bertz CT molecular complexity index is 1260. The van der Waals surface area contributed by atoms with Crippen LogP contribution < -0.4 is 4.90 Å². The van der Waals surface area contributed by atoms with Crippen LogP contribution in [0.4, 0.5) is 5.69 Å². The summed E-state index contributed by atoms with van der Waals surface area (Å²) in [5.74, 6) is -2.41. The Morgan fingerprint density at radius 3 is 2.38 bits per heavy atom. The average Bonchev–Trinajstić information content (AvgIpc) is 3.37. The van der Waals surface area contributed by atoms with E-state index < -0.39 is 35.4 Å². The van der Waals surface area contributed by atoms with Gasteiger partial charge in [0.2, 0.25) is 5.91 Å². The zero-order valence-corrected chi connectivity index (χ0v) is 21.1. The molecule has 0 unspecified atom stereocenters. The average molecular weight is 508 g/mol. The van der Waals surface area contributed by atoms with E-state index in [-0.39, 0.29) is 35.4 Å². The highest BCUT2D eigenvalue weighted by atomic mass is 16.5. The second-order valence-electron chi connectivity index (χ2n) is 9.59. The van der Waals surface area contributed by atoms with Gasteiger partial charge in [0.25, 0.3) is 0 Å². The molecule has 10 nitrogen and oxygen atoms in total. The van der Waals surface area contributed by atoms with Gasteiger partial charge >= 0.3 is 17.9 Å². The van der Waals surface area contributed by atoms with Crippen LogP contribution in [-0.4, -0.2) is 74.5 Å². The van der Waals surface area contributed by atoms with Crippen LogP contribution in [0.3, 0.4) is 0 Å². The Morgan fingerprint density at radius 1 is 1.08 bits per heavy atom. The maximum absolute atomic E-state index is 13.8. The van der Waals surface area contributed by atoms with Crippen LogP contribution in [0.15, 0.2) is 53.2 Å². The van der Waals surface area contributed by atoms with Crippen molar-refractivity contribution in [2.24, 2.45) is 10.9 Å². The second-order valence-corrected chi connectivity index (χ2v) is 9.59. The largest absolute Gasteiger partial charge is 0.467 e. The number of ether oxygens (including phenoxy) is 3. The Hall–Kier alpha value is -3.95. The predicted molar refractivity (Wildman–Crippen MR) is 133 cm³/mol. The molecule has 2 fully saturated rings. The predicted octanol–water partition coefficient (Wildman–Crippen LogP) is 1.89. The maximum Gasteiger partial charge on any atom is 0.357 e. The molecular formula is C27H29N3O7. The van der Waals surface area contributed by atoms with Crippen molar-refractivity contribution in [1.82, 2.24) is 4.90 Å². The standard InChI is InChI=1S/C27H29N3O7/c1-5-13-29-17-12-7-6-11-16(17)27-14-18(23(32)35-2)30(22(31)15-9-8-10-15)26(27)28-20(25(34)37-4)19(21(27)29)24(33)36-3/h5-7,11-12,15,18,21H,1,8-10,13-14H2,2-4H3/t18-,21-,27-/m0/s1. The molecule has 3 atom stereocenters.